The van der Waals surface area contributed by atoms with Crippen molar-refractivity contribution in [2.24, 2.45) is 12.8 Å². The Hall–Kier alpha value is -3.36. The van der Waals surface area contributed by atoms with Gasteiger partial charge >= 0.3 is 0 Å². The molecule has 1 aromatic carbocycles. The fourth-order valence-corrected chi connectivity index (χ4v) is 3.75. The maximum atomic E-state index is 12.0. The third-order valence-electron chi connectivity index (χ3n) is 5.53. The number of carbonyl (C=O) groups is 1. The molecule has 4 aromatic rings. The zero-order valence-electron chi connectivity index (χ0n) is 16.9. The standard InChI is InChI=1S/C22H25N5O3/c1-3-20(29)17(12-28)25-21-16(22(23)30)10-24-27-11-15(9-19(21)27)13-4-5-18-14(8-13)6-7-26(18)2/h4-11,17,20,25,28-29H,3,12H2,1-2H3,(H2,23,30)/t17-,20-/m1/s1. The van der Waals surface area contributed by atoms with Crippen LogP contribution in [0.1, 0.15) is 23.7 Å². The number of hydrogen-bond acceptors (Lipinski definition) is 5. The SMILES string of the molecule is CC[C@@H](O)[C@@H](CO)Nc1c(C(N)=O)cnn2cc(-c3ccc4c(ccn4C)c3)cc12. The van der Waals surface area contributed by atoms with E-state index in [9.17, 15) is 15.0 Å². The van der Waals surface area contributed by atoms with Crippen LogP contribution in [0, 0.1) is 0 Å². The molecule has 2 atom stereocenters. The Balaban J connectivity index is 1.83. The predicted octanol–water partition coefficient (Wildman–Crippen LogP) is 2.14. The molecular formula is C22H25N5O3. The van der Waals surface area contributed by atoms with Crippen LogP contribution in [0.4, 0.5) is 5.69 Å². The van der Waals surface area contributed by atoms with E-state index in [1.165, 1.54) is 6.20 Å². The highest BCUT2D eigenvalue weighted by Gasteiger charge is 2.22. The number of benzene rings is 1. The fourth-order valence-electron chi connectivity index (χ4n) is 3.75. The van der Waals surface area contributed by atoms with Crippen molar-refractivity contribution in [2.75, 3.05) is 11.9 Å². The molecule has 0 radical (unpaired) electrons. The van der Waals surface area contributed by atoms with E-state index in [2.05, 4.69) is 33.2 Å². The van der Waals surface area contributed by atoms with Crippen molar-refractivity contribution < 1.29 is 15.0 Å². The number of primary amides is 1. The summed E-state index contributed by atoms with van der Waals surface area (Å²) >= 11 is 0. The third-order valence-corrected chi connectivity index (χ3v) is 5.53. The Morgan fingerprint density at radius 2 is 2.03 bits per heavy atom. The fraction of sp³-hybridized carbons (Fsp3) is 0.273. The van der Waals surface area contributed by atoms with Crippen LogP contribution in [0.5, 0.6) is 0 Å². The number of aliphatic hydroxyl groups excluding tert-OH is 2. The van der Waals surface area contributed by atoms with Crippen LogP contribution in [0.15, 0.2) is 48.9 Å². The number of rotatable bonds is 7. The van der Waals surface area contributed by atoms with Crippen molar-refractivity contribution in [3.8, 4) is 11.1 Å². The summed E-state index contributed by atoms with van der Waals surface area (Å²) in [5.41, 5.74) is 9.91. The molecule has 0 aliphatic carbocycles. The summed E-state index contributed by atoms with van der Waals surface area (Å²) in [4.78, 5) is 12.0. The number of nitrogens with two attached hydrogens (primary N) is 1. The number of aromatic nitrogens is 3. The number of anilines is 1. The smallest absolute Gasteiger partial charge is 0.252 e. The molecule has 0 aliphatic heterocycles. The van der Waals surface area contributed by atoms with E-state index in [1.807, 2.05) is 38.5 Å². The van der Waals surface area contributed by atoms with Gasteiger partial charge in [0.15, 0.2) is 0 Å². The average Bonchev–Trinajstić information content (AvgIpc) is 3.34. The number of hydrogen-bond donors (Lipinski definition) is 4. The number of nitrogens with one attached hydrogen (secondary N) is 1. The monoisotopic (exact) mass is 407 g/mol. The van der Waals surface area contributed by atoms with E-state index in [1.54, 1.807) is 4.52 Å². The summed E-state index contributed by atoms with van der Waals surface area (Å²) in [6.07, 6.45) is 4.96. The summed E-state index contributed by atoms with van der Waals surface area (Å²) < 4.78 is 3.72. The first-order valence-corrected chi connectivity index (χ1v) is 9.85. The van der Waals surface area contributed by atoms with Gasteiger partial charge in [0.25, 0.3) is 5.91 Å². The topological polar surface area (TPSA) is 118 Å². The van der Waals surface area contributed by atoms with E-state index in [-0.39, 0.29) is 12.2 Å². The normalized spacial score (nSPS) is 13.6. The van der Waals surface area contributed by atoms with Gasteiger partial charge < -0.3 is 25.8 Å². The van der Waals surface area contributed by atoms with Gasteiger partial charge in [0.1, 0.15) is 0 Å². The zero-order chi connectivity index (χ0) is 21.4. The van der Waals surface area contributed by atoms with Crippen molar-refractivity contribution >= 4 is 28.0 Å². The van der Waals surface area contributed by atoms with Crippen LogP contribution < -0.4 is 11.1 Å². The lowest BCUT2D eigenvalue weighted by molar-refractivity contribution is 0.0997. The number of fused-ring (bicyclic) bond motifs is 2. The van der Waals surface area contributed by atoms with Crippen LogP contribution in [0.25, 0.3) is 27.5 Å². The van der Waals surface area contributed by atoms with E-state index >= 15 is 0 Å². The molecule has 0 aliphatic rings. The molecule has 0 fully saturated rings. The molecule has 30 heavy (non-hydrogen) atoms. The molecule has 156 valence electrons. The first-order chi connectivity index (χ1) is 14.4. The number of aryl methyl sites for hydroxylation is 1. The van der Waals surface area contributed by atoms with Gasteiger partial charge in [-0.15, -0.1) is 0 Å². The lowest BCUT2D eigenvalue weighted by Gasteiger charge is -2.23. The summed E-state index contributed by atoms with van der Waals surface area (Å²) in [6, 6.07) is 9.54. The highest BCUT2D eigenvalue weighted by atomic mass is 16.3. The zero-order valence-corrected chi connectivity index (χ0v) is 16.9. The van der Waals surface area contributed by atoms with Crippen molar-refractivity contribution in [2.45, 2.75) is 25.5 Å². The van der Waals surface area contributed by atoms with Gasteiger partial charge in [-0.1, -0.05) is 13.0 Å². The number of nitrogens with zero attached hydrogens (tertiary/aromatic N) is 3. The van der Waals surface area contributed by atoms with Gasteiger partial charge in [0.05, 0.1) is 41.7 Å². The van der Waals surface area contributed by atoms with Crippen molar-refractivity contribution in [3.05, 3.63) is 54.5 Å². The van der Waals surface area contributed by atoms with Crippen LogP contribution >= 0.6 is 0 Å². The minimum atomic E-state index is -0.779. The molecule has 0 bridgehead atoms. The molecule has 0 saturated heterocycles. The molecule has 3 heterocycles. The minimum absolute atomic E-state index is 0.201. The highest BCUT2D eigenvalue weighted by molar-refractivity contribution is 6.02. The molecule has 5 N–H and O–H groups in total. The van der Waals surface area contributed by atoms with Gasteiger partial charge in [0, 0.05) is 35.9 Å². The summed E-state index contributed by atoms with van der Waals surface area (Å²) in [6.45, 7) is 1.53. The van der Waals surface area contributed by atoms with Gasteiger partial charge in [-0.2, -0.15) is 5.10 Å². The van der Waals surface area contributed by atoms with Crippen molar-refractivity contribution in [3.63, 3.8) is 0 Å². The second kappa shape index (κ2) is 7.81. The Kier molecular flexibility index (Phi) is 5.19. The molecule has 1 amide bonds. The van der Waals surface area contributed by atoms with Crippen LogP contribution in [-0.2, 0) is 7.05 Å². The molecule has 0 unspecified atom stereocenters. The Morgan fingerprint density at radius 3 is 2.73 bits per heavy atom. The Morgan fingerprint density at radius 1 is 1.23 bits per heavy atom. The van der Waals surface area contributed by atoms with Crippen LogP contribution in [0.2, 0.25) is 0 Å². The van der Waals surface area contributed by atoms with Crippen LogP contribution in [0.3, 0.4) is 0 Å². The predicted molar refractivity (Wildman–Crippen MR) is 116 cm³/mol. The second-order valence-corrected chi connectivity index (χ2v) is 7.47. The largest absolute Gasteiger partial charge is 0.394 e. The van der Waals surface area contributed by atoms with Gasteiger partial charge in [-0.3, -0.25) is 4.79 Å². The highest BCUT2D eigenvalue weighted by Crippen LogP contribution is 2.31. The van der Waals surface area contributed by atoms with Crippen molar-refractivity contribution in [1.82, 2.24) is 14.2 Å². The maximum absolute atomic E-state index is 12.0. The number of aliphatic hydroxyl groups is 2. The van der Waals surface area contributed by atoms with Gasteiger partial charge in [-0.25, -0.2) is 4.52 Å². The lowest BCUT2D eigenvalue weighted by atomic mass is 10.1. The first-order valence-electron chi connectivity index (χ1n) is 9.85. The molecule has 0 saturated carbocycles. The molecule has 8 nitrogen and oxygen atoms in total. The van der Waals surface area contributed by atoms with E-state index in [0.29, 0.717) is 17.6 Å². The van der Waals surface area contributed by atoms with E-state index in [4.69, 9.17) is 5.73 Å². The molecule has 0 spiro atoms. The second-order valence-electron chi connectivity index (χ2n) is 7.47. The Labute approximate surface area is 173 Å². The van der Waals surface area contributed by atoms with Crippen molar-refractivity contribution in [1.29, 1.82) is 0 Å². The van der Waals surface area contributed by atoms with Gasteiger partial charge in [0.2, 0.25) is 0 Å². The quantitative estimate of drug-likeness (QED) is 0.374. The molecule has 3 aromatic heterocycles. The third kappa shape index (κ3) is 3.40. The lowest BCUT2D eigenvalue weighted by Crippen LogP contribution is -2.37. The van der Waals surface area contributed by atoms with E-state index in [0.717, 1.165) is 22.0 Å². The number of amides is 1. The van der Waals surface area contributed by atoms with Gasteiger partial charge in [-0.05, 0) is 36.2 Å². The summed E-state index contributed by atoms with van der Waals surface area (Å²) in [5.74, 6) is -0.636. The minimum Gasteiger partial charge on any atom is -0.394 e. The summed E-state index contributed by atoms with van der Waals surface area (Å²) in [5, 5.41) is 28.5. The maximum Gasteiger partial charge on any atom is 0.252 e. The van der Waals surface area contributed by atoms with Crippen LogP contribution in [-0.4, -0.2) is 49.1 Å². The average molecular weight is 407 g/mol. The first kappa shape index (κ1) is 19.9. The molecular weight excluding hydrogens is 382 g/mol. The molecule has 8 heteroatoms. The van der Waals surface area contributed by atoms with E-state index < -0.39 is 18.1 Å². The molecule has 4 rings (SSSR count). The number of carbonyl (C=O) groups excluding carboxylic acids is 1. The Bertz CT molecular complexity index is 1230. The summed E-state index contributed by atoms with van der Waals surface area (Å²) in [7, 11) is 2.00.